The topological polar surface area (TPSA) is 90.4 Å². The van der Waals surface area contributed by atoms with Gasteiger partial charge < -0.3 is 9.47 Å². The second kappa shape index (κ2) is 8.62. The summed E-state index contributed by atoms with van der Waals surface area (Å²) >= 11 is 0. The first-order valence-corrected chi connectivity index (χ1v) is 10.3. The Kier molecular flexibility index (Phi) is 6.22. The summed E-state index contributed by atoms with van der Waals surface area (Å²) in [5, 5.41) is 0. The molecule has 2 aromatic rings. The van der Waals surface area contributed by atoms with Crippen molar-refractivity contribution in [3.05, 3.63) is 42.5 Å². The van der Waals surface area contributed by atoms with Gasteiger partial charge in [-0.3, -0.25) is 0 Å². The van der Waals surface area contributed by atoms with E-state index in [9.17, 15) is 12.8 Å². The van der Waals surface area contributed by atoms with Crippen LogP contribution in [0.4, 0.5) is 4.39 Å². The first kappa shape index (κ1) is 19.5. The van der Waals surface area contributed by atoms with Gasteiger partial charge in [0.05, 0.1) is 19.0 Å². The fraction of sp³-hybridized carbons (Fsp3) is 0.444. The van der Waals surface area contributed by atoms with Gasteiger partial charge in [-0.25, -0.2) is 27.5 Å². The van der Waals surface area contributed by atoms with E-state index in [4.69, 9.17) is 9.47 Å². The van der Waals surface area contributed by atoms with Crippen molar-refractivity contribution in [3.8, 4) is 11.8 Å². The van der Waals surface area contributed by atoms with E-state index in [0.29, 0.717) is 38.0 Å². The summed E-state index contributed by atoms with van der Waals surface area (Å²) < 4.78 is 52.1. The largest absolute Gasteiger partial charge is 0.492 e. The van der Waals surface area contributed by atoms with Crippen LogP contribution in [0.1, 0.15) is 32.6 Å². The standard InChI is InChI=1S/C18H22FN3O4S/c1-2-25-16-5-3-4-6-17(16)27(23,24)22-14-7-9-15(10-8-14)26-18-20-11-13(19)12-21-18/h3-6,11-12,14-15,22H,2,7-10H2,1H3. The van der Waals surface area contributed by atoms with Crippen LogP contribution in [0.3, 0.4) is 0 Å². The van der Waals surface area contributed by atoms with E-state index in [0.717, 1.165) is 12.4 Å². The van der Waals surface area contributed by atoms with Crippen LogP contribution in [-0.4, -0.2) is 37.1 Å². The Hall–Kier alpha value is -2.26. The van der Waals surface area contributed by atoms with E-state index >= 15 is 0 Å². The molecule has 1 heterocycles. The molecule has 0 aliphatic heterocycles. The van der Waals surface area contributed by atoms with Crippen molar-refractivity contribution in [2.24, 2.45) is 0 Å². The number of para-hydroxylation sites is 1. The number of rotatable bonds is 7. The lowest BCUT2D eigenvalue weighted by Crippen LogP contribution is -2.39. The summed E-state index contributed by atoms with van der Waals surface area (Å²) in [4.78, 5) is 7.71. The summed E-state index contributed by atoms with van der Waals surface area (Å²) in [7, 11) is -3.68. The van der Waals surface area contributed by atoms with Gasteiger partial charge in [-0.1, -0.05) is 12.1 Å². The first-order valence-electron chi connectivity index (χ1n) is 8.86. The number of ether oxygens (including phenoxy) is 2. The highest BCUT2D eigenvalue weighted by Crippen LogP contribution is 2.27. The molecule has 1 aromatic carbocycles. The van der Waals surface area contributed by atoms with E-state index in [2.05, 4.69) is 14.7 Å². The van der Waals surface area contributed by atoms with E-state index in [1.807, 2.05) is 6.92 Å². The molecule has 146 valence electrons. The van der Waals surface area contributed by atoms with Crippen LogP contribution in [0.25, 0.3) is 0 Å². The van der Waals surface area contributed by atoms with Crippen molar-refractivity contribution in [1.82, 2.24) is 14.7 Å². The fourth-order valence-electron chi connectivity index (χ4n) is 3.04. The van der Waals surface area contributed by atoms with Crippen LogP contribution < -0.4 is 14.2 Å². The SMILES string of the molecule is CCOc1ccccc1S(=O)(=O)NC1CCC(Oc2ncc(F)cn2)CC1. The van der Waals surface area contributed by atoms with Crippen LogP contribution >= 0.6 is 0 Å². The lowest BCUT2D eigenvalue weighted by Gasteiger charge is -2.28. The molecule has 0 radical (unpaired) electrons. The average Bonchev–Trinajstić information content (AvgIpc) is 2.66. The third-order valence-electron chi connectivity index (χ3n) is 4.30. The van der Waals surface area contributed by atoms with Gasteiger partial charge in [0.15, 0.2) is 5.82 Å². The van der Waals surface area contributed by atoms with Gasteiger partial charge in [0.2, 0.25) is 10.0 Å². The van der Waals surface area contributed by atoms with Crippen LogP contribution in [0.2, 0.25) is 0 Å². The van der Waals surface area contributed by atoms with Gasteiger partial charge in [-0.05, 0) is 44.7 Å². The molecule has 27 heavy (non-hydrogen) atoms. The Morgan fingerprint density at radius 1 is 1.15 bits per heavy atom. The average molecular weight is 395 g/mol. The second-order valence-electron chi connectivity index (χ2n) is 6.28. The molecule has 1 aliphatic rings. The van der Waals surface area contributed by atoms with E-state index in [-0.39, 0.29) is 23.1 Å². The summed E-state index contributed by atoms with van der Waals surface area (Å²) in [6.45, 7) is 2.20. The molecule has 1 saturated carbocycles. The number of nitrogens with one attached hydrogen (secondary N) is 1. The minimum atomic E-state index is -3.68. The van der Waals surface area contributed by atoms with Gasteiger partial charge in [-0.15, -0.1) is 0 Å². The third-order valence-corrected chi connectivity index (χ3v) is 5.86. The monoisotopic (exact) mass is 395 g/mol. The number of benzene rings is 1. The number of hydrogen-bond acceptors (Lipinski definition) is 6. The zero-order valence-electron chi connectivity index (χ0n) is 15.0. The molecule has 3 rings (SSSR count). The molecule has 0 saturated heterocycles. The van der Waals surface area contributed by atoms with Crippen molar-refractivity contribution in [2.45, 2.75) is 49.6 Å². The van der Waals surface area contributed by atoms with E-state index in [1.165, 1.54) is 6.07 Å². The number of hydrogen-bond donors (Lipinski definition) is 1. The molecule has 1 aliphatic carbocycles. The normalized spacial score (nSPS) is 20.2. The molecule has 0 spiro atoms. The molecule has 0 bridgehead atoms. The van der Waals surface area contributed by atoms with Crippen LogP contribution in [0.15, 0.2) is 41.6 Å². The maximum absolute atomic E-state index is 12.8. The van der Waals surface area contributed by atoms with Gasteiger partial charge in [0.25, 0.3) is 0 Å². The quantitative estimate of drug-likeness (QED) is 0.775. The van der Waals surface area contributed by atoms with Gasteiger partial charge >= 0.3 is 6.01 Å². The van der Waals surface area contributed by atoms with Gasteiger partial charge in [0.1, 0.15) is 16.7 Å². The molecule has 1 aromatic heterocycles. The number of nitrogens with zero attached hydrogens (tertiary/aromatic N) is 2. The number of aromatic nitrogens is 2. The maximum Gasteiger partial charge on any atom is 0.316 e. The summed E-state index contributed by atoms with van der Waals surface area (Å²) in [6.07, 6.45) is 4.55. The Labute approximate surface area is 158 Å². The zero-order valence-corrected chi connectivity index (χ0v) is 15.8. The lowest BCUT2D eigenvalue weighted by atomic mass is 9.94. The fourth-order valence-corrected chi connectivity index (χ4v) is 4.49. The van der Waals surface area contributed by atoms with Crippen LogP contribution in [0.5, 0.6) is 11.8 Å². The van der Waals surface area contributed by atoms with Crippen LogP contribution in [0, 0.1) is 5.82 Å². The van der Waals surface area contributed by atoms with Crippen molar-refractivity contribution in [3.63, 3.8) is 0 Å². The first-order chi connectivity index (χ1) is 13.0. The molecule has 9 heteroatoms. The van der Waals surface area contributed by atoms with Crippen molar-refractivity contribution < 1.29 is 22.3 Å². The smallest absolute Gasteiger partial charge is 0.316 e. The molecule has 0 unspecified atom stereocenters. The molecule has 7 nitrogen and oxygen atoms in total. The van der Waals surface area contributed by atoms with Gasteiger partial charge in [-0.2, -0.15) is 0 Å². The summed E-state index contributed by atoms with van der Waals surface area (Å²) in [5.41, 5.74) is 0. The molecular formula is C18H22FN3O4S. The molecule has 0 amide bonds. The molecule has 0 atom stereocenters. The Balaban J connectivity index is 1.57. The summed E-state index contributed by atoms with van der Waals surface area (Å²) in [6, 6.07) is 6.54. The van der Waals surface area contributed by atoms with E-state index in [1.54, 1.807) is 18.2 Å². The van der Waals surface area contributed by atoms with Crippen LogP contribution in [-0.2, 0) is 10.0 Å². The summed E-state index contributed by atoms with van der Waals surface area (Å²) in [5.74, 6) is -0.175. The number of sulfonamides is 1. The Bertz CT molecular complexity index is 853. The Morgan fingerprint density at radius 3 is 2.48 bits per heavy atom. The highest BCUT2D eigenvalue weighted by molar-refractivity contribution is 7.89. The molecular weight excluding hydrogens is 373 g/mol. The predicted molar refractivity (Wildman–Crippen MR) is 96.6 cm³/mol. The molecule has 1 N–H and O–H groups in total. The van der Waals surface area contributed by atoms with Crippen molar-refractivity contribution >= 4 is 10.0 Å². The minimum Gasteiger partial charge on any atom is -0.492 e. The Morgan fingerprint density at radius 2 is 1.81 bits per heavy atom. The predicted octanol–water partition coefficient (Wildman–Crippen LogP) is 2.68. The minimum absolute atomic E-state index is 0.119. The van der Waals surface area contributed by atoms with Gasteiger partial charge in [0, 0.05) is 6.04 Å². The number of halogens is 1. The van der Waals surface area contributed by atoms with E-state index < -0.39 is 15.8 Å². The third kappa shape index (κ3) is 5.14. The maximum atomic E-state index is 12.8. The lowest BCUT2D eigenvalue weighted by molar-refractivity contribution is 0.131. The molecule has 1 fully saturated rings. The highest BCUT2D eigenvalue weighted by Gasteiger charge is 2.28. The van der Waals surface area contributed by atoms with Crippen molar-refractivity contribution in [2.75, 3.05) is 6.61 Å². The zero-order chi connectivity index (χ0) is 19.3. The second-order valence-corrected chi connectivity index (χ2v) is 7.96. The van der Waals surface area contributed by atoms with Crippen molar-refractivity contribution in [1.29, 1.82) is 0 Å². The highest BCUT2D eigenvalue weighted by atomic mass is 32.2.